The van der Waals surface area contributed by atoms with E-state index in [2.05, 4.69) is 5.32 Å². The summed E-state index contributed by atoms with van der Waals surface area (Å²) in [4.78, 5) is 12.5. The van der Waals surface area contributed by atoms with E-state index in [1.165, 1.54) is 16.4 Å². The summed E-state index contributed by atoms with van der Waals surface area (Å²) in [6.07, 6.45) is 1.72. The topological polar surface area (TPSA) is 90.3 Å². The van der Waals surface area contributed by atoms with Crippen LogP contribution >= 0.6 is 0 Å². The van der Waals surface area contributed by atoms with Crippen LogP contribution in [0.2, 0.25) is 0 Å². The minimum atomic E-state index is -3.56. The van der Waals surface area contributed by atoms with Crippen molar-refractivity contribution in [3.8, 4) is 6.07 Å². The number of nitrogens with one attached hydrogen (secondary N) is 1. The second-order valence-electron chi connectivity index (χ2n) is 5.78. The quantitative estimate of drug-likeness (QED) is 0.913. The summed E-state index contributed by atoms with van der Waals surface area (Å²) < 4.78 is 26.7. The molecule has 1 N–H and O–H groups in total. The Morgan fingerprint density at radius 1 is 1.08 bits per heavy atom. The first-order valence-corrected chi connectivity index (χ1v) is 9.36. The van der Waals surface area contributed by atoms with Gasteiger partial charge in [-0.05, 0) is 55.3 Å². The molecule has 1 saturated heterocycles. The summed E-state index contributed by atoms with van der Waals surface area (Å²) in [7, 11) is -3.56. The molecular weight excluding hydrogens is 338 g/mol. The lowest BCUT2D eigenvalue weighted by Gasteiger charge is -2.16. The number of hydrogen-bond donors (Lipinski definition) is 1. The molecule has 6 nitrogen and oxygen atoms in total. The van der Waals surface area contributed by atoms with Gasteiger partial charge < -0.3 is 5.32 Å². The van der Waals surface area contributed by atoms with E-state index in [-0.39, 0.29) is 10.5 Å². The first kappa shape index (κ1) is 17.1. The van der Waals surface area contributed by atoms with E-state index in [4.69, 9.17) is 5.26 Å². The van der Waals surface area contributed by atoms with Crippen molar-refractivity contribution in [3.63, 3.8) is 0 Å². The Labute approximate surface area is 146 Å². The molecule has 2 aromatic carbocycles. The smallest absolute Gasteiger partial charge is 0.255 e. The molecule has 0 bridgehead atoms. The normalized spacial score (nSPS) is 14.8. The van der Waals surface area contributed by atoms with Gasteiger partial charge in [0.25, 0.3) is 5.91 Å². The maximum Gasteiger partial charge on any atom is 0.255 e. The van der Waals surface area contributed by atoms with E-state index >= 15 is 0 Å². The Kier molecular flexibility index (Phi) is 4.83. The number of nitrogens with zero attached hydrogens (tertiary/aromatic N) is 2. The lowest BCUT2D eigenvalue weighted by molar-refractivity contribution is 0.102. The minimum absolute atomic E-state index is 0.127. The monoisotopic (exact) mass is 355 g/mol. The van der Waals surface area contributed by atoms with Crippen LogP contribution in [0.4, 0.5) is 5.69 Å². The first-order valence-electron chi connectivity index (χ1n) is 7.92. The third-order valence-corrected chi connectivity index (χ3v) is 5.97. The Hall–Kier alpha value is -2.69. The number of sulfonamides is 1. The number of anilines is 1. The number of benzene rings is 2. The van der Waals surface area contributed by atoms with Gasteiger partial charge in [0.1, 0.15) is 0 Å². The molecule has 25 heavy (non-hydrogen) atoms. The van der Waals surface area contributed by atoms with Crippen molar-refractivity contribution in [2.24, 2.45) is 0 Å². The summed E-state index contributed by atoms with van der Waals surface area (Å²) in [5.74, 6) is -0.400. The van der Waals surface area contributed by atoms with E-state index < -0.39 is 15.9 Å². The number of hydrogen-bond acceptors (Lipinski definition) is 4. The minimum Gasteiger partial charge on any atom is -0.322 e. The molecule has 1 aliphatic heterocycles. The van der Waals surface area contributed by atoms with Crippen LogP contribution in [0.5, 0.6) is 0 Å². The zero-order valence-electron chi connectivity index (χ0n) is 13.5. The highest BCUT2D eigenvalue weighted by Gasteiger charge is 2.27. The number of carbonyl (C=O) groups excluding carboxylic acids is 1. The highest BCUT2D eigenvalue weighted by atomic mass is 32.2. The van der Waals surface area contributed by atoms with Crippen molar-refractivity contribution < 1.29 is 13.2 Å². The molecule has 0 radical (unpaired) electrons. The highest BCUT2D eigenvalue weighted by molar-refractivity contribution is 7.89. The van der Waals surface area contributed by atoms with Gasteiger partial charge in [0.05, 0.1) is 16.5 Å². The maximum atomic E-state index is 12.6. The van der Waals surface area contributed by atoms with Crippen LogP contribution in [0, 0.1) is 11.3 Å². The molecule has 2 aromatic rings. The summed E-state index contributed by atoms with van der Waals surface area (Å²) in [5.41, 5.74) is 1.30. The van der Waals surface area contributed by atoms with Crippen LogP contribution < -0.4 is 5.32 Å². The lowest BCUT2D eigenvalue weighted by Crippen LogP contribution is -2.28. The Morgan fingerprint density at radius 2 is 1.76 bits per heavy atom. The van der Waals surface area contributed by atoms with Crippen molar-refractivity contribution >= 4 is 21.6 Å². The van der Waals surface area contributed by atoms with Gasteiger partial charge in [-0.3, -0.25) is 4.79 Å². The predicted octanol–water partition coefficient (Wildman–Crippen LogP) is 2.60. The van der Waals surface area contributed by atoms with E-state index in [1.807, 2.05) is 6.07 Å². The Balaban J connectivity index is 1.80. The molecule has 1 heterocycles. The largest absolute Gasteiger partial charge is 0.322 e. The van der Waals surface area contributed by atoms with Gasteiger partial charge in [0, 0.05) is 24.3 Å². The molecule has 0 saturated carbocycles. The molecule has 3 rings (SSSR count). The first-order chi connectivity index (χ1) is 12.0. The predicted molar refractivity (Wildman–Crippen MR) is 93.5 cm³/mol. The van der Waals surface area contributed by atoms with Crippen LogP contribution in [-0.2, 0) is 10.0 Å². The molecule has 0 aliphatic carbocycles. The van der Waals surface area contributed by atoms with Crippen LogP contribution in [0.25, 0.3) is 0 Å². The summed E-state index contributed by atoms with van der Waals surface area (Å²) >= 11 is 0. The maximum absolute atomic E-state index is 12.6. The summed E-state index contributed by atoms with van der Waals surface area (Å²) in [6.45, 7) is 1.04. The zero-order chi connectivity index (χ0) is 17.9. The van der Waals surface area contributed by atoms with E-state index in [9.17, 15) is 13.2 Å². The standard InChI is InChI=1S/C18H17N3O3S/c19-13-14-6-8-16(9-7-14)20-18(22)15-4-3-5-17(12-15)25(23,24)21-10-1-2-11-21/h3-9,12H,1-2,10-11H2,(H,20,22). The molecule has 0 aromatic heterocycles. The molecule has 128 valence electrons. The summed E-state index contributed by atoms with van der Waals surface area (Å²) in [6, 6.07) is 14.5. The fourth-order valence-corrected chi connectivity index (χ4v) is 4.27. The molecule has 0 atom stereocenters. The molecule has 0 spiro atoms. The van der Waals surface area contributed by atoms with Gasteiger partial charge in [-0.1, -0.05) is 6.07 Å². The fourth-order valence-electron chi connectivity index (χ4n) is 2.71. The van der Waals surface area contributed by atoms with Gasteiger partial charge in [-0.2, -0.15) is 9.57 Å². The molecular formula is C18H17N3O3S. The number of amides is 1. The third-order valence-electron chi connectivity index (χ3n) is 4.07. The van der Waals surface area contributed by atoms with Crippen molar-refractivity contribution in [2.75, 3.05) is 18.4 Å². The fraction of sp³-hybridized carbons (Fsp3) is 0.222. The van der Waals surface area contributed by atoms with Gasteiger partial charge in [-0.15, -0.1) is 0 Å². The Bertz CT molecular complexity index is 925. The number of rotatable bonds is 4. The molecule has 0 unspecified atom stereocenters. The highest BCUT2D eigenvalue weighted by Crippen LogP contribution is 2.22. The lowest BCUT2D eigenvalue weighted by atomic mass is 10.2. The molecule has 7 heteroatoms. The number of carbonyl (C=O) groups is 1. The average Bonchev–Trinajstić information content (AvgIpc) is 3.18. The van der Waals surface area contributed by atoms with Crippen LogP contribution in [0.15, 0.2) is 53.4 Å². The van der Waals surface area contributed by atoms with Gasteiger partial charge in [-0.25, -0.2) is 8.42 Å². The van der Waals surface area contributed by atoms with Crippen molar-refractivity contribution in [1.29, 1.82) is 5.26 Å². The van der Waals surface area contributed by atoms with Gasteiger partial charge in [0.15, 0.2) is 0 Å². The van der Waals surface area contributed by atoms with Crippen LogP contribution in [0.3, 0.4) is 0 Å². The number of nitriles is 1. The van der Waals surface area contributed by atoms with Crippen LogP contribution in [0.1, 0.15) is 28.8 Å². The van der Waals surface area contributed by atoms with Crippen molar-refractivity contribution in [2.45, 2.75) is 17.7 Å². The molecule has 1 fully saturated rings. The second kappa shape index (κ2) is 7.05. The van der Waals surface area contributed by atoms with E-state index in [0.29, 0.717) is 24.3 Å². The average molecular weight is 355 g/mol. The Morgan fingerprint density at radius 3 is 2.40 bits per heavy atom. The van der Waals surface area contributed by atoms with E-state index in [0.717, 1.165) is 12.8 Å². The van der Waals surface area contributed by atoms with Crippen LogP contribution in [-0.4, -0.2) is 31.7 Å². The summed E-state index contributed by atoms with van der Waals surface area (Å²) in [5, 5.41) is 11.5. The van der Waals surface area contributed by atoms with Crippen molar-refractivity contribution in [3.05, 3.63) is 59.7 Å². The molecule has 1 amide bonds. The van der Waals surface area contributed by atoms with E-state index in [1.54, 1.807) is 36.4 Å². The van der Waals surface area contributed by atoms with Gasteiger partial charge >= 0.3 is 0 Å². The van der Waals surface area contributed by atoms with Gasteiger partial charge in [0.2, 0.25) is 10.0 Å². The third kappa shape index (κ3) is 3.71. The molecule has 1 aliphatic rings. The SMILES string of the molecule is N#Cc1ccc(NC(=O)c2cccc(S(=O)(=O)N3CCCC3)c2)cc1. The second-order valence-corrected chi connectivity index (χ2v) is 7.72. The zero-order valence-corrected chi connectivity index (χ0v) is 14.3. The van der Waals surface area contributed by atoms with Crippen molar-refractivity contribution in [1.82, 2.24) is 4.31 Å².